The summed E-state index contributed by atoms with van der Waals surface area (Å²) in [5, 5.41) is 0. The SMILES string of the molecule is Cc1ocnc1-c1ccc(F)c(CN)c1. The summed E-state index contributed by atoms with van der Waals surface area (Å²) in [4.78, 5) is 4.06. The van der Waals surface area contributed by atoms with Crippen LogP contribution in [0.4, 0.5) is 4.39 Å². The number of hydrogen-bond donors (Lipinski definition) is 1. The first-order chi connectivity index (χ1) is 7.22. The van der Waals surface area contributed by atoms with Crippen LogP contribution in [0.3, 0.4) is 0 Å². The number of aryl methyl sites for hydroxylation is 1. The number of benzene rings is 1. The molecular weight excluding hydrogens is 195 g/mol. The molecule has 0 radical (unpaired) electrons. The van der Waals surface area contributed by atoms with Crippen LogP contribution >= 0.6 is 0 Å². The molecule has 2 N–H and O–H groups in total. The molecule has 0 aliphatic heterocycles. The van der Waals surface area contributed by atoms with Crippen LogP contribution in [0.2, 0.25) is 0 Å². The van der Waals surface area contributed by atoms with Crippen LogP contribution < -0.4 is 5.73 Å². The quantitative estimate of drug-likeness (QED) is 0.819. The second kappa shape index (κ2) is 3.82. The summed E-state index contributed by atoms with van der Waals surface area (Å²) in [7, 11) is 0. The Hall–Kier alpha value is -1.68. The van der Waals surface area contributed by atoms with Gasteiger partial charge in [-0.05, 0) is 25.1 Å². The van der Waals surface area contributed by atoms with E-state index >= 15 is 0 Å². The third-order valence-corrected chi connectivity index (χ3v) is 2.28. The lowest BCUT2D eigenvalue weighted by Gasteiger charge is -2.02. The molecule has 0 saturated heterocycles. The minimum atomic E-state index is -0.289. The lowest BCUT2D eigenvalue weighted by molar-refractivity contribution is 0.527. The van der Waals surface area contributed by atoms with Crippen LogP contribution in [-0.4, -0.2) is 4.98 Å². The van der Waals surface area contributed by atoms with Crippen molar-refractivity contribution in [1.29, 1.82) is 0 Å². The van der Waals surface area contributed by atoms with Crippen LogP contribution in [0.5, 0.6) is 0 Å². The topological polar surface area (TPSA) is 52.0 Å². The van der Waals surface area contributed by atoms with Gasteiger partial charge < -0.3 is 10.2 Å². The molecule has 15 heavy (non-hydrogen) atoms. The molecule has 2 aromatic rings. The van der Waals surface area contributed by atoms with Gasteiger partial charge in [0.15, 0.2) is 6.39 Å². The summed E-state index contributed by atoms with van der Waals surface area (Å²) in [6.07, 6.45) is 1.37. The first kappa shape index (κ1) is 9.86. The highest BCUT2D eigenvalue weighted by Crippen LogP contribution is 2.23. The van der Waals surface area contributed by atoms with Gasteiger partial charge in [-0.15, -0.1) is 0 Å². The molecule has 0 spiro atoms. The molecule has 78 valence electrons. The van der Waals surface area contributed by atoms with Crippen molar-refractivity contribution in [2.75, 3.05) is 0 Å². The Morgan fingerprint density at radius 3 is 2.87 bits per heavy atom. The zero-order chi connectivity index (χ0) is 10.8. The highest BCUT2D eigenvalue weighted by molar-refractivity contribution is 5.61. The van der Waals surface area contributed by atoms with Gasteiger partial charge in [0, 0.05) is 17.7 Å². The van der Waals surface area contributed by atoms with E-state index in [-0.39, 0.29) is 12.4 Å². The Labute approximate surface area is 86.7 Å². The maximum Gasteiger partial charge on any atom is 0.181 e. The van der Waals surface area contributed by atoms with Gasteiger partial charge in [-0.3, -0.25) is 0 Å². The molecule has 1 aromatic carbocycles. The number of oxazole rings is 1. The fraction of sp³-hybridized carbons (Fsp3) is 0.182. The van der Waals surface area contributed by atoms with Gasteiger partial charge >= 0.3 is 0 Å². The Balaban J connectivity index is 2.51. The third kappa shape index (κ3) is 1.76. The number of rotatable bonds is 2. The van der Waals surface area contributed by atoms with Crippen molar-refractivity contribution in [2.24, 2.45) is 5.73 Å². The fourth-order valence-electron chi connectivity index (χ4n) is 1.46. The zero-order valence-electron chi connectivity index (χ0n) is 8.33. The van der Waals surface area contributed by atoms with Crippen molar-refractivity contribution in [3.8, 4) is 11.3 Å². The lowest BCUT2D eigenvalue weighted by Crippen LogP contribution is -2.00. The molecule has 0 fully saturated rings. The molecule has 0 atom stereocenters. The predicted molar refractivity (Wildman–Crippen MR) is 54.5 cm³/mol. The summed E-state index contributed by atoms with van der Waals surface area (Å²) in [5.74, 6) is 0.423. The maximum absolute atomic E-state index is 13.2. The smallest absolute Gasteiger partial charge is 0.181 e. The van der Waals surface area contributed by atoms with Crippen molar-refractivity contribution < 1.29 is 8.81 Å². The maximum atomic E-state index is 13.2. The van der Waals surface area contributed by atoms with E-state index in [1.165, 1.54) is 12.5 Å². The molecule has 3 nitrogen and oxygen atoms in total. The molecule has 0 bridgehead atoms. The van der Waals surface area contributed by atoms with Crippen LogP contribution in [0.1, 0.15) is 11.3 Å². The average Bonchev–Trinajstić information content (AvgIpc) is 2.65. The summed E-state index contributed by atoms with van der Waals surface area (Å²) in [5.41, 5.74) is 7.46. The molecule has 1 aromatic heterocycles. The van der Waals surface area contributed by atoms with Gasteiger partial charge in [-0.2, -0.15) is 0 Å². The molecule has 0 aliphatic rings. The van der Waals surface area contributed by atoms with Gasteiger partial charge in [0.05, 0.1) is 0 Å². The minimum Gasteiger partial charge on any atom is -0.448 e. The van der Waals surface area contributed by atoms with Gasteiger partial charge in [-0.25, -0.2) is 9.37 Å². The first-order valence-electron chi connectivity index (χ1n) is 4.61. The number of nitrogens with two attached hydrogens (primary N) is 1. The van der Waals surface area contributed by atoms with E-state index < -0.39 is 0 Å². The monoisotopic (exact) mass is 206 g/mol. The van der Waals surface area contributed by atoms with E-state index in [1.54, 1.807) is 12.1 Å². The molecule has 0 amide bonds. The highest BCUT2D eigenvalue weighted by atomic mass is 19.1. The Morgan fingerprint density at radius 2 is 2.27 bits per heavy atom. The Kier molecular flexibility index (Phi) is 2.51. The van der Waals surface area contributed by atoms with Crippen LogP contribution in [0.25, 0.3) is 11.3 Å². The number of halogens is 1. The van der Waals surface area contributed by atoms with Crippen LogP contribution in [0, 0.1) is 12.7 Å². The molecule has 0 aliphatic carbocycles. The van der Waals surface area contributed by atoms with E-state index in [2.05, 4.69) is 4.98 Å². The Morgan fingerprint density at radius 1 is 1.47 bits per heavy atom. The third-order valence-electron chi connectivity index (χ3n) is 2.28. The number of aromatic nitrogens is 1. The summed E-state index contributed by atoms with van der Waals surface area (Å²) in [6.45, 7) is 1.99. The standard InChI is InChI=1S/C11H11FN2O/c1-7-11(14-6-15-7)8-2-3-10(12)9(4-8)5-13/h2-4,6H,5,13H2,1H3. The van der Waals surface area contributed by atoms with Gasteiger partial charge in [-0.1, -0.05) is 0 Å². The van der Waals surface area contributed by atoms with E-state index in [9.17, 15) is 4.39 Å². The molecule has 0 saturated carbocycles. The molecular formula is C11H11FN2O. The van der Waals surface area contributed by atoms with Crippen LogP contribution in [0.15, 0.2) is 29.0 Å². The molecule has 1 heterocycles. The summed E-state index contributed by atoms with van der Waals surface area (Å²) >= 11 is 0. The van der Waals surface area contributed by atoms with Crippen molar-refractivity contribution in [3.05, 3.63) is 41.7 Å². The first-order valence-corrected chi connectivity index (χ1v) is 4.61. The van der Waals surface area contributed by atoms with Crippen molar-refractivity contribution in [3.63, 3.8) is 0 Å². The number of hydrogen-bond acceptors (Lipinski definition) is 3. The fourth-order valence-corrected chi connectivity index (χ4v) is 1.46. The predicted octanol–water partition coefficient (Wildman–Crippen LogP) is 2.25. The van der Waals surface area contributed by atoms with Crippen LogP contribution in [-0.2, 0) is 6.54 Å². The number of nitrogens with zero attached hydrogens (tertiary/aromatic N) is 1. The van der Waals surface area contributed by atoms with E-state index in [0.717, 1.165) is 11.3 Å². The van der Waals surface area contributed by atoms with Crippen molar-refractivity contribution in [1.82, 2.24) is 4.98 Å². The molecule has 0 unspecified atom stereocenters. The average molecular weight is 206 g/mol. The van der Waals surface area contributed by atoms with Gasteiger partial charge in [0.2, 0.25) is 0 Å². The molecule has 2 rings (SSSR count). The second-order valence-electron chi connectivity index (χ2n) is 3.27. The summed E-state index contributed by atoms with van der Waals surface area (Å²) < 4.78 is 18.3. The minimum absolute atomic E-state index is 0.177. The van der Waals surface area contributed by atoms with E-state index in [4.69, 9.17) is 10.2 Å². The summed E-state index contributed by atoms with van der Waals surface area (Å²) in [6, 6.07) is 4.76. The van der Waals surface area contributed by atoms with Gasteiger partial charge in [0.25, 0.3) is 0 Å². The normalized spacial score (nSPS) is 10.6. The van der Waals surface area contributed by atoms with Crippen molar-refractivity contribution >= 4 is 0 Å². The largest absolute Gasteiger partial charge is 0.448 e. The highest BCUT2D eigenvalue weighted by Gasteiger charge is 2.08. The van der Waals surface area contributed by atoms with E-state index in [0.29, 0.717) is 11.3 Å². The lowest BCUT2D eigenvalue weighted by atomic mass is 10.1. The molecule has 4 heteroatoms. The van der Waals surface area contributed by atoms with Gasteiger partial charge in [0.1, 0.15) is 17.3 Å². The van der Waals surface area contributed by atoms with Crippen molar-refractivity contribution in [2.45, 2.75) is 13.5 Å². The second-order valence-corrected chi connectivity index (χ2v) is 3.27. The zero-order valence-corrected chi connectivity index (χ0v) is 8.33. The van der Waals surface area contributed by atoms with E-state index in [1.807, 2.05) is 6.92 Å². The Bertz CT molecular complexity index is 479.